The van der Waals surface area contributed by atoms with Crippen LogP contribution >= 0.6 is 11.3 Å². The fourth-order valence-corrected chi connectivity index (χ4v) is 2.84. The van der Waals surface area contributed by atoms with Crippen LogP contribution in [-0.4, -0.2) is 28.4 Å². The van der Waals surface area contributed by atoms with E-state index in [1.807, 2.05) is 28.9 Å². The Morgan fingerprint density at radius 2 is 2.09 bits per heavy atom. The lowest BCUT2D eigenvalue weighted by Gasteiger charge is -2.04. The molecule has 6 nitrogen and oxygen atoms in total. The van der Waals surface area contributed by atoms with Gasteiger partial charge in [0.05, 0.1) is 12.0 Å². The van der Waals surface area contributed by atoms with E-state index in [0.29, 0.717) is 16.3 Å². The van der Waals surface area contributed by atoms with Gasteiger partial charge in [-0.2, -0.15) is 0 Å². The number of thiophene rings is 1. The molecule has 0 spiro atoms. The molecular weight excluding hydrogens is 302 g/mol. The Labute approximate surface area is 130 Å². The summed E-state index contributed by atoms with van der Waals surface area (Å²) < 4.78 is 6.52. The lowest BCUT2D eigenvalue weighted by molar-refractivity contribution is 0.0606. The normalized spacial score (nSPS) is 10.6. The first-order valence-corrected chi connectivity index (χ1v) is 7.37. The number of esters is 1. The topological polar surface area (TPSA) is 72.7 Å². The van der Waals surface area contributed by atoms with Crippen molar-refractivity contribution >= 4 is 28.9 Å². The minimum Gasteiger partial charge on any atom is -0.465 e. The molecule has 0 aliphatic carbocycles. The van der Waals surface area contributed by atoms with Gasteiger partial charge in [0.25, 0.3) is 5.91 Å². The average Bonchev–Trinajstić information content (AvgIpc) is 3.20. The third-order valence-electron chi connectivity index (χ3n) is 3.13. The number of hydrogen-bond acceptors (Lipinski definition) is 5. The van der Waals surface area contributed by atoms with Crippen molar-refractivity contribution in [2.75, 3.05) is 7.11 Å². The molecule has 0 bridgehead atoms. The number of nitrogens with one attached hydrogen (secondary N) is 1. The molecule has 0 saturated heterocycles. The molecule has 3 heterocycles. The van der Waals surface area contributed by atoms with Gasteiger partial charge in [-0.15, -0.1) is 11.3 Å². The van der Waals surface area contributed by atoms with Gasteiger partial charge in [0, 0.05) is 25.1 Å². The van der Waals surface area contributed by atoms with Crippen molar-refractivity contribution in [1.29, 1.82) is 0 Å². The summed E-state index contributed by atoms with van der Waals surface area (Å²) in [5.74, 6) is -0.655. The second-order valence-electron chi connectivity index (χ2n) is 4.57. The number of imidazole rings is 1. The Balaban J connectivity index is 1.66. The standard InChI is InChI=1S/C15H13N3O3S/c1-21-15(20)12-3-2-11(22-12)14(19)17-9-10-4-6-18-7-5-16-13(18)8-10/h2-8H,9H2,1H3,(H,17,19). The van der Waals surface area contributed by atoms with Crippen molar-refractivity contribution in [2.24, 2.45) is 0 Å². The maximum atomic E-state index is 12.1. The molecule has 1 amide bonds. The quantitative estimate of drug-likeness (QED) is 0.749. The summed E-state index contributed by atoms with van der Waals surface area (Å²) >= 11 is 1.11. The maximum Gasteiger partial charge on any atom is 0.348 e. The van der Waals surface area contributed by atoms with Crippen molar-refractivity contribution in [3.05, 3.63) is 58.2 Å². The van der Waals surface area contributed by atoms with E-state index in [9.17, 15) is 9.59 Å². The van der Waals surface area contributed by atoms with E-state index in [-0.39, 0.29) is 5.91 Å². The number of pyridine rings is 1. The van der Waals surface area contributed by atoms with Crippen molar-refractivity contribution in [2.45, 2.75) is 6.54 Å². The predicted molar refractivity (Wildman–Crippen MR) is 82.0 cm³/mol. The molecule has 7 heteroatoms. The van der Waals surface area contributed by atoms with Gasteiger partial charge >= 0.3 is 5.97 Å². The van der Waals surface area contributed by atoms with Crippen LogP contribution in [0.1, 0.15) is 24.9 Å². The number of hydrogen-bond donors (Lipinski definition) is 1. The summed E-state index contributed by atoms with van der Waals surface area (Å²) in [7, 11) is 1.31. The molecule has 3 aromatic rings. The summed E-state index contributed by atoms with van der Waals surface area (Å²) in [5, 5.41) is 2.82. The van der Waals surface area contributed by atoms with Gasteiger partial charge in [-0.1, -0.05) is 0 Å². The zero-order chi connectivity index (χ0) is 15.5. The first-order valence-electron chi connectivity index (χ1n) is 6.55. The Morgan fingerprint density at radius 3 is 2.91 bits per heavy atom. The molecule has 0 aliphatic rings. The molecule has 0 radical (unpaired) electrons. The van der Waals surface area contributed by atoms with Gasteiger partial charge in [-0.05, 0) is 29.8 Å². The van der Waals surface area contributed by atoms with E-state index in [1.165, 1.54) is 7.11 Å². The Kier molecular flexibility index (Phi) is 3.88. The minimum atomic E-state index is -0.436. The zero-order valence-corrected chi connectivity index (χ0v) is 12.6. The van der Waals surface area contributed by atoms with Crippen molar-refractivity contribution in [1.82, 2.24) is 14.7 Å². The van der Waals surface area contributed by atoms with Crippen molar-refractivity contribution in [3.63, 3.8) is 0 Å². The number of ether oxygens (including phenoxy) is 1. The fraction of sp³-hybridized carbons (Fsp3) is 0.133. The van der Waals surface area contributed by atoms with Crippen LogP contribution in [0.25, 0.3) is 5.65 Å². The highest BCUT2D eigenvalue weighted by Crippen LogP contribution is 2.17. The highest BCUT2D eigenvalue weighted by molar-refractivity contribution is 7.15. The average molecular weight is 315 g/mol. The number of fused-ring (bicyclic) bond motifs is 1. The zero-order valence-electron chi connectivity index (χ0n) is 11.8. The summed E-state index contributed by atoms with van der Waals surface area (Å²) in [6.07, 6.45) is 5.47. The number of carbonyl (C=O) groups is 2. The van der Waals surface area contributed by atoms with E-state index in [4.69, 9.17) is 0 Å². The van der Waals surface area contributed by atoms with Crippen LogP contribution in [0.15, 0.2) is 42.9 Å². The second-order valence-corrected chi connectivity index (χ2v) is 5.65. The predicted octanol–water partition coefficient (Wildman–Crippen LogP) is 2.11. The van der Waals surface area contributed by atoms with E-state index < -0.39 is 5.97 Å². The number of methoxy groups -OCH3 is 1. The Hall–Kier alpha value is -2.67. The summed E-state index contributed by atoms with van der Waals surface area (Å²) in [4.78, 5) is 28.5. The summed E-state index contributed by atoms with van der Waals surface area (Å²) in [6, 6.07) is 7.03. The third-order valence-corrected chi connectivity index (χ3v) is 4.20. The van der Waals surface area contributed by atoms with E-state index in [2.05, 4.69) is 15.0 Å². The van der Waals surface area contributed by atoms with Gasteiger partial charge < -0.3 is 14.5 Å². The molecule has 3 rings (SSSR count). The largest absolute Gasteiger partial charge is 0.465 e. The van der Waals surface area contributed by atoms with Crippen LogP contribution in [0.5, 0.6) is 0 Å². The maximum absolute atomic E-state index is 12.1. The summed E-state index contributed by atoms with van der Waals surface area (Å²) in [6.45, 7) is 0.396. The highest BCUT2D eigenvalue weighted by Gasteiger charge is 2.13. The molecule has 22 heavy (non-hydrogen) atoms. The lowest BCUT2D eigenvalue weighted by atomic mass is 10.2. The van der Waals surface area contributed by atoms with Crippen LogP contribution in [0.2, 0.25) is 0 Å². The summed E-state index contributed by atoms with van der Waals surface area (Å²) in [5.41, 5.74) is 1.78. The SMILES string of the molecule is COC(=O)c1ccc(C(=O)NCc2ccn3ccnc3c2)s1. The van der Waals surface area contributed by atoms with Gasteiger partial charge in [0.15, 0.2) is 0 Å². The van der Waals surface area contributed by atoms with Gasteiger partial charge in [-0.25, -0.2) is 9.78 Å². The van der Waals surface area contributed by atoms with E-state index in [1.54, 1.807) is 18.3 Å². The Bertz CT molecular complexity index is 837. The van der Waals surface area contributed by atoms with Gasteiger partial charge in [0.1, 0.15) is 10.5 Å². The number of aromatic nitrogens is 2. The molecule has 0 saturated carbocycles. The molecule has 0 atom stereocenters. The van der Waals surface area contributed by atoms with Crippen LogP contribution in [-0.2, 0) is 11.3 Å². The van der Waals surface area contributed by atoms with E-state index >= 15 is 0 Å². The van der Waals surface area contributed by atoms with Gasteiger partial charge in [0.2, 0.25) is 0 Å². The number of rotatable bonds is 4. The van der Waals surface area contributed by atoms with Crippen LogP contribution < -0.4 is 5.32 Å². The molecule has 0 unspecified atom stereocenters. The van der Waals surface area contributed by atoms with Crippen LogP contribution in [0.3, 0.4) is 0 Å². The molecule has 0 aliphatic heterocycles. The fourth-order valence-electron chi connectivity index (χ4n) is 2.00. The number of carbonyl (C=O) groups excluding carboxylic acids is 2. The first-order chi connectivity index (χ1) is 10.7. The molecule has 3 aromatic heterocycles. The molecule has 0 fully saturated rings. The van der Waals surface area contributed by atoms with Crippen molar-refractivity contribution < 1.29 is 14.3 Å². The molecule has 112 valence electrons. The molecule has 1 N–H and O–H groups in total. The highest BCUT2D eigenvalue weighted by atomic mass is 32.1. The monoisotopic (exact) mass is 315 g/mol. The third kappa shape index (κ3) is 2.84. The van der Waals surface area contributed by atoms with Gasteiger partial charge in [-0.3, -0.25) is 4.79 Å². The van der Waals surface area contributed by atoms with Crippen LogP contribution in [0.4, 0.5) is 0 Å². The molecular formula is C15H13N3O3S. The van der Waals surface area contributed by atoms with E-state index in [0.717, 1.165) is 22.5 Å². The van der Waals surface area contributed by atoms with Crippen LogP contribution in [0, 0.1) is 0 Å². The second kappa shape index (κ2) is 5.98. The number of amides is 1. The lowest BCUT2D eigenvalue weighted by Crippen LogP contribution is -2.21. The first kappa shape index (κ1) is 14.3. The van der Waals surface area contributed by atoms with Crippen molar-refractivity contribution in [3.8, 4) is 0 Å². The Morgan fingerprint density at radius 1 is 1.27 bits per heavy atom. The minimum absolute atomic E-state index is 0.219. The number of nitrogens with zero attached hydrogens (tertiary/aromatic N) is 2. The smallest absolute Gasteiger partial charge is 0.348 e. The molecule has 0 aromatic carbocycles.